The Morgan fingerprint density at radius 3 is 2.29 bits per heavy atom. The molecule has 1 aliphatic heterocycles. The van der Waals surface area contributed by atoms with Gasteiger partial charge in [0.25, 0.3) is 0 Å². The zero-order valence-electron chi connectivity index (χ0n) is 19.4. The molecule has 2 aromatic carbocycles. The molecule has 4 rings (SSSR count). The topological polar surface area (TPSA) is 30.0 Å². The molecule has 0 unspecified atom stereocenters. The number of rotatable bonds is 8. The SMILES string of the molecule is C=C(c1ccc(C2(N(C)CCCO)CC2)cc1)N1CCN(c2ccc(C)cc2C)CC1. The third kappa shape index (κ3) is 4.51. The summed E-state index contributed by atoms with van der Waals surface area (Å²) in [5, 5.41) is 9.15. The van der Waals surface area contributed by atoms with Gasteiger partial charge in [0.2, 0.25) is 0 Å². The fourth-order valence-electron chi connectivity index (χ4n) is 5.06. The minimum atomic E-state index is 0.173. The molecule has 0 amide bonds. The van der Waals surface area contributed by atoms with Crippen LogP contribution in [0.5, 0.6) is 0 Å². The van der Waals surface area contributed by atoms with E-state index in [1.165, 1.54) is 40.8 Å². The number of piperazine rings is 1. The average Bonchev–Trinajstić information content (AvgIpc) is 3.59. The van der Waals surface area contributed by atoms with Gasteiger partial charge in [0.15, 0.2) is 0 Å². The summed E-state index contributed by atoms with van der Waals surface area (Å²) in [6, 6.07) is 15.8. The van der Waals surface area contributed by atoms with E-state index in [-0.39, 0.29) is 12.1 Å². The van der Waals surface area contributed by atoms with Crippen molar-refractivity contribution in [3.8, 4) is 0 Å². The van der Waals surface area contributed by atoms with Crippen molar-refractivity contribution in [1.82, 2.24) is 9.80 Å². The van der Waals surface area contributed by atoms with Gasteiger partial charge < -0.3 is 14.9 Å². The highest BCUT2D eigenvalue weighted by molar-refractivity contribution is 5.63. The zero-order chi connectivity index (χ0) is 22.0. The Bertz CT molecular complexity index is 909. The Labute approximate surface area is 187 Å². The van der Waals surface area contributed by atoms with E-state index in [4.69, 9.17) is 5.11 Å². The number of nitrogens with zero attached hydrogens (tertiary/aromatic N) is 3. The molecule has 2 aliphatic rings. The first-order valence-electron chi connectivity index (χ1n) is 11.6. The molecule has 166 valence electrons. The highest BCUT2D eigenvalue weighted by Gasteiger charge is 2.47. The van der Waals surface area contributed by atoms with E-state index in [0.29, 0.717) is 0 Å². The Kier molecular flexibility index (Phi) is 6.40. The van der Waals surface area contributed by atoms with E-state index in [1.54, 1.807) is 0 Å². The molecule has 1 aliphatic carbocycles. The van der Waals surface area contributed by atoms with Crippen LogP contribution >= 0.6 is 0 Å². The van der Waals surface area contributed by atoms with Gasteiger partial charge in [-0.2, -0.15) is 0 Å². The fourth-order valence-corrected chi connectivity index (χ4v) is 5.06. The van der Waals surface area contributed by atoms with Gasteiger partial charge in [-0.15, -0.1) is 0 Å². The van der Waals surface area contributed by atoms with Crippen molar-refractivity contribution < 1.29 is 5.11 Å². The summed E-state index contributed by atoms with van der Waals surface area (Å²) in [5.74, 6) is 0. The van der Waals surface area contributed by atoms with Crippen molar-refractivity contribution in [2.75, 3.05) is 51.3 Å². The van der Waals surface area contributed by atoms with Crippen molar-refractivity contribution in [1.29, 1.82) is 0 Å². The number of hydrogen-bond acceptors (Lipinski definition) is 4. The van der Waals surface area contributed by atoms with Crippen LogP contribution in [0.15, 0.2) is 49.0 Å². The molecule has 1 saturated carbocycles. The maximum absolute atomic E-state index is 9.15. The molecule has 31 heavy (non-hydrogen) atoms. The van der Waals surface area contributed by atoms with Crippen LogP contribution in [0, 0.1) is 13.8 Å². The number of aliphatic hydroxyl groups excluding tert-OH is 1. The summed E-state index contributed by atoms with van der Waals surface area (Å²) in [7, 11) is 2.19. The predicted octanol–water partition coefficient (Wildman–Crippen LogP) is 4.40. The van der Waals surface area contributed by atoms with Crippen molar-refractivity contribution in [3.63, 3.8) is 0 Å². The van der Waals surface area contributed by atoms with Crippen LogP contribution in [0.3, 0.4) is 0 Å². The number of aliphatic hydroxyl groups is 1. The second-order valence-corrected chi connectivity index (χ2v) is 9.32. The second kappa shape index (κ2) is 9.05. The summed E-state index contributed by atoms with van der Waals surface area (Å²) in [6.07, 6.45) is 3.24. The lowest BCUT2D eigenvalue weighted by Gasteiger charge is -2.39. The summed E-state index contributed by atoms with van der Waals surface area (Å²) >= 11 is 0. The minimum Gasteiger partial charge on any atom is -0.396 e. The number of aryl methyl sites for hydroxylation is 2. The van der Waals surface area contributed by atoms with E-state index >= 15 is 0 Å². The summed E-state index contributed by atoms with van der Waals surface area (Å²) in [4.78, 5) is 7.34. The maximum Gasteiger partial charge on any atom is 0.0459 e. The minimum absolute atomic E-state index is 0.173. The monoisotopic (exact) mass is 419 g/mol. The Morgan fingerprint density at radius 1 is 1.03 bits per heavy atom. The van der Waals surface area contributed by atoms with Gasteiger partial charge >= 0.3 is 0 Å². The molecule has 0 bridgehead atoms. The molecule has 2 aromatic rings. The van der Waals surface area contributed by atoms with Crippen LogP contribution in [0.2, 0.25) is 0 Å². The van der Waals surface area contributed by atoms with Crippen LogP contribution in [0.4, 0.5) is 5.69 Å². The number of anilines is 1. The van der Waals surface area contributed by atoms with Crippen molar-refractivity contribution in [2.24, 2.45) is 0 Å². The van der Waals surface area contributed by atoms with Crippen LogP contribution in [-0.2, 0) is 5.54 Å². The van der Waals surface area contributed by atoms with Gasteiger partial charge in [0.1, 0.15) is 0 Å². The van der Waals surface area contributed by atoms with E-state index < -0.39 is 0 Å². The Hall–Kier alpha value is -2.30. The Balaban J connectivity index is 1.37. The third-order valence-corrected chi connectivity index (χ3v) is 7.22. The quantitative estimate of drug-likeness (QED) is 0.687. The average molecular weight is 420 g/mol. The molecule has 0 radical (unpaired) electrons. The lowest BCUT2D eigenvalue weighted by atomic mass is 10.00. The van der Waals surface area contributed by atoms with Gasteiger partial charge in [0, 0.05) is 56.3 Å². The smallest absolute Gasteiger partial charge is 0.0459 e. The molecule has 1 heterocycles. The lowest BCUT2D eigenvalue weighted by molar-refractivity contribution is 0.192. The molecule has 2 fully saturated rings. The van der Waals surface area contributed by atoms with Crippen molar-refractivity contribution in [3.05, 3.63) is 71.3 Å². The van der Waals surface area contributed by atoms with E-state index in [2.05, 4.69) is 84.6 Å². The van der Waals surface area contributed by atoms with Crippen LogP contribution in [0.1, 0.15) is 41.5 Å². The van der Waals surface area contributed by atoms with Crippen LogP contribution < -0.4 is 4.90 Å². The van der Waals surface area contributed by atoms with Gasteiger partial charge in [-0.05, 0) is 62.9 Å². The molecular formula is C27H37N3O. The third-order valence-electron chi connectivity index (χ3n) is 7.22. The van der Waals surface area contributed by atoms with Gasteiger partial charge in [-0.25, -0.2) is 0 Å². The first-order valence-corrected chi connectivity index (χ1v) is 11.6. The number of hydrogen-bond donors (Lipinski definition) is 1. The lowest BCUT2D eigenvalue weighted by Crippen LogP contribution is -2.45. The molecule has 4 heteroatoms. The number of benzene rings is 2. The molecule has 4 nitrogen and oxygen atoms in total. The summed E-state index contributed by atoms with van der Waals surface area (Å²) < 4.78 is 0. The van der Waals surface area contributed by atoms with E-state index in [0.717, 1.165) is 44.8 Å². The largest absolute Gasteiger partial charge is 0.396 e. The van der Waals surface area contributed by atoms with E-state index in [9.17, 15) is 0 Å². The maximum atomic E-state index is 9.15. The summed E-state index contributed by atoms with van der Waals surface area (Å²) in [5.41, 5.74) is 7.96. The standard InChI is InChI=1S/C27H37N3O/c1-21-6-11-26(22(2)20-21)30-17-15-29(16-18-30)23(3)24-7-9-25(10-8-24)27(12-13-27)28(4)14-5-19-31/h6-11,20,31H,3,5,12-19H2,1-2,4H3. The van der Waals surface area contributed by atoms with Crippen molar-refractivity contribution >= 4 is 11.4 Å². The Morgan fingerprint density at radius 2 is 1.71 bits per heavy atom. The van der Waals surface area contributed by atoms with Crippen molar-refractivity contribution in [2.45, 2.75) is 38.6 Å². The zero-order valence-corrected chi connectivity index (χ0v) is 19.4. The van der Waals surface area contributed by atoms with Gasteiger partial charge in [0.05, 0.1) is 0 Å². The molecular weight excluding hydrogens is 382 g/mol. The normalized spacial score (nSPS) is 17.8. The first kappa shape index (κ1) is 21.9. The van der Waals surface area contributed by atoms with Gasteiger partial charge in [-0.1, -0.05) is 48.5 Å². The molecule has 1 N–H and O–H groups in total. The molecule has 0 atom stereocenters. The molecule has 0 spiro atoms. The molecule has 1 saturated heterocycles. The summed E-state index contributed by atoms with van der Waals surface area (Å²) in [6.45, 7) is 14.1. The highest BCUT2D eigenvalue weighted by atomic mass is 16.3. The fraction of sp³-hybridized carbons (Fsp3) is 0.481. The predicted molar refractivity (Wildman–Crippen MR) is 130 cm³/mol. The highest BCUT2D eigenvalue weighted by Crippen LogP contribution is 2.50. The van der Waals surface area contributed by atoms with E-state index in [1.807, 2.05) is 0 Å². The van der Waals surface area contributed by atoms with Crippen LogP contribution in [0.25, 0.3) is 5.70 Å². The first-order chi connectivity index (χ1) is 14.9. The second-order valence-electron chi connectivity index (χ2n) is 9.32. The van der Waals surface area contributed by atoms with Gasteiger partial charge in [-0.3, -0.25) is 4.90 Å². The molecule has 0 aromatic heterocycles. The van der Waals surface area contributed by atoms with Crippen LogP contribution in [-0.4, -0.2) is 61.3 Å².